The van der Waals surface area contributed by atoms with E-state index < -0.39 is 75.8 Å². The first-order valence-corrected chi connectivity index (χ1v) is 22.0. The molecule has 0 aromatic heterocycles. The van der Waals surface area contributed by atoms with Crippen molar-refractivity contribution in [3.8, 4) is 0 Å². The van der Waals surface area contributed by atoms with Crippen LogP contribution < -0.4 is 20.7 Å². The number of benzene rings is 1. The maximum Gasteiger partial charge on any atom is 0.471 e. The lowest BCUT2D eigenvalue weighted by molar-refractivity contribution is -0.174. The normalized spacial score (nSPS) is 20.1. The van der Waals surface area contributed by atoms with Crippen molar-refractivity contribution in [2.24, 2.45) is 23.7 Å². The highest BCUT2D eigenvalue weighted by molar-refractivity contribution is 7.90. The van der Waals surface area contributed by atoms with E-state index in [1.807, 2.05) is 46.9 Å². The Kier molecular flexibility index (Phi) is 17.6. The lowest BCUT2D eigenvalue weighted by Gasteiger charge is -2.41. The number of likely N-dealkylation sites (tertiary alicyclic amines) is 1. The van der Waals surface area contributed by atoms with Crippen molar-refractivity contribution in [1.29, 1.82) is 0 Å². The van der Waals surface area contributed by atoms with E-state index in [4.69, 9.17) is 9.47 Å². The quantitative estimate of drug-likeness (QED) is 0.142. The van der Waals surface area contributed by atoms with Crippen LogP contribution in [0.25, 0.3) is 0 Å². The van der Waals surface area contributed by atoms with Crippen LogP contribution in [-0.2, 0) is 49.0 Å². The standard InChI is InChI=1S/C41H65F3N6O9S/c1-12-25(6)34(49(9)38(54)33(24(4)5)46-37(53)32(45-8)23(2)3)30(58-10)22-31(51)50-21-13-14-29(50)35(59-11)26(7)36(52)48-60(56,57)28-17-15-27(16-18-28)40(19-20-40)47-39(55)41(42,43)44/h15-18,23-26,29-30,32-35,45H,12-14,19-22H2,1-11H3,(H,46,53)(H,47,55)(H,48,52)/t25-,26+,29-,30+,32-,33-,34-,35+/m0/s1. The Morgan fingerprint density at radius 3 is 1.98 bits per heavy atom. The highest BCUT2D eigenvalue weighted by atomic mass is 32.2. The molecule has 1 saturated carbocycles. The number of rotatable bonds is 21. The van der Waals surface area contributed by atoms with Crippen molar-refractivity contribution >= 4 is 39.6 Å². The minimum atomic E-state index is -5.08. The predicted molar refractivity (Wildman–Crippen MR) is 217 cm³/mol. The fraction of sp³-hybridized carbons (Fsp3) is 0.732. The van der Waals surface area contributed by atoms with E-state index in [2.05, 4.69) is 15.4 Å². The lowest BCUT2D eigenvalue weighted by atomic mass is 9.89. The zero-order valence-electron chi connectivity index (χ0n) is 36.6. The van der Waals surface area contributed by atoms with E-state index in [1.165, 1.54) is 33.3 Å². The third-order valence-electron chi connectivity index (χ3n) is 12.1. The topological polar surface area (TPSA) is 193 Å². The van der Waals surface area contributed by atoms with Crippen LogP contribution in [0.15, 0.2) is 29.2 Å². The Balaban J connectivity index is 1.76. The zero-order valence-corrected chi connectivity index (χ0v) is 37.5. The van der Waals surface area contributed by atoms with Gasteiger partial charge >= 0.3 is 12.1 Å². The SMILES string of the molecule is CC[C@H](C)[C@@H]([C@@H](CC(=O)N1CCC[C@H]1[C@H](OC)[C@@H](C)C(=O)NS(=O)(=O)c1ccc(C2(NC(=O)C(F)(F)F)CC2)cc1)OC)N(C)C(=O)[C@@H](NC(=O)[C@@H](NC)C(C)C)C(C)C. The van der Waals surface area contributed by atoms with Crippen molar-refractivity contribution in [3.63, 3.8) is 0 Å². The molecule has 1 aliphatic heterocycles. The summed E-state index contributed by atoms with van der Waals surface area (Å²) in [4.78, 5) is 69.5. The number of methoxy groups -OCH3 is 2. The minimum Gasteiger partial charge on any atom is -0.379 e. The Morgan fingerprint density at radius 2 is 1.52 bits per heavy atom. The molecular formula is C41H65F3N6O9S. The van der Waals surface area contributed by atoms with Gasteiger partial charge in [-0.15, -0.1) is 0 Å². The van der Waals surface area contributed by atoms with Crippen LogP contribution in [0.5, 0.6) is 0 Å². The average molecular weight is 875 g/mol. The Labute approximate surface area is 352 Å². The van der Waals surface area contributed by atoms with Crippen molar-refractivity contribution in [3.05, 3.63) is 29.8 Å². The molecule has 1 aromatic carbocycles. The van der Waals surface area contributed by atoms with Crippen LogP contribution >= 0.6 is 0 Å². The van der Waals surface area contributed by atoms with Gasteiger partial charge in [-0.2, -0.15) is 13.2 Å². The van der Waals surface area contributed by atoms with Gasteiger partial charge in [-0.3, -0.25) is 24.0 Å². The summed E-state index contributed by atoms with van der Waals surface area (Å²) in [6.07, 6.45) is -4.66. The average Bonchev–Trinajstić information content (AvgIpc) is 3.80. The first-order valence-electron chi connectivity index (χ1n) is 20.6. The molecule has 19 heteroatoms. The number of nitrogens with zero attached hydrogens (tertiary/aromatic N) is 2. The molecule has 2 aliphatic rings. The third kappa shape index (κ3) is 12.0. The van der Waals surface area contributed by atoms with Crippen LogP contribution in [0, 0.1) is 23.7 Å². The van der Waals surface area contributed by atoms with Gasteiger partial charge in [0.2, 0.25) is 23.6 Å². The van der Waals surface area contributed by atoms with Gasteiger partial charge in [0.05, 0.1) is 53.1 Å². The molecular weight excluding hydrogens is 810 g/mol. The monoisotopic (exact) mass is 874 g/mol. The van der Waals surface area contributed by atoms with Crippen molar-refractivity contribution in [1.82, 2.24) is 30.5 Å². The van der Waals surface area contributed by atoms with Crippen LogP contribution in [0.1, 0.15) is 92.6 Å². The molecule has 1 heterocycles. The van der Waals surface area contributed by atoms with E-state index in [9.17, 15) is 45.6 Å². The fourth-order valence-corrected chi connectivity index (χ4v) is 9.25. The zero-order chi connectivity index (χ0) is 45.5. The highest BCUT2D eigenvalue weighted by Gasteiger charge is 2.51. The van der Waals surface area contributed by atoms with Gasteiger partial charge in [0.15, 0.2) is 0 Å². The number of carbonyl (C=O) groups is 5. The maximum atomic E-state index is 14.2. The number of ether oxygens (including phenoxy) is 2. The molecule has 0 unspecified atom stereocenters. The predicted octanol–water partition coefficient (Wildman–Crippen LogP) is 3.46. The Hall–Kier alpha value is -3.81. The molecule has 60 heavy (non-hydrogen) atoms. The molecule has 2 fully saturated rings. The summed E-state index contributed by atoms with van der Waals surface area (Å²) >= 11 is 0. The van der Waals surface area contributed by atoms with Gasteiger partial charge in [-0.05, 0) is 68.2 Å². The number of hydrogen-bond acceptors (Lipinski definition) is 10. The van der Waals surface area contributed by atoms with Gasteiger partial charge in [0.25, 0.3) is 10.0 Å². The third-order valence-corrected chi connectivity index (χ3v) is 13.4. The molecule has 1 saturated heterocycles. The molecule has 8 atom stereocenters. The molecule has 5 amide bonds. The van der Waals surface area contributed by atoms with Gasteiger partial charge in [-0.1, -0.05) is 67.0 Å². The molecule has 3 rings (SSSR count). The molecule has 0 bridgehead atoms. The lowest BCUT2D eigenvalue weighted by Crippen LogP contribution is -2.59. The van der Waals surface area contributed by atoms with Crippen LogP contribution in [0.4, 0.5) is 13.2 Å². The second-order valence-electron chi connectivity index (χ2n) is 16.9. The summed E-state index contributed by atoms with van der Waals surface area (Å²) in [6, 6.07) is 2.39. The molecule has 4 N–H and O–H groups in total. The van der Waals surface area contributed by atoms with E-state index in [-0.39, 0.29) is 59.6 Å². The van der Waals surface area contributed by atoms with Crippen LogP contribution in [-0.4, -0.2) is 125 Å². The second-order valence-corrected chi connectivity index (χ2v) is 18.5. The number of amides is 5. The summed E-state index contributed by atoms with van der Waals surface area (Å²) in [5.74, 6) is -5.35. The summed E-state index contributed by atoms with van der Waals surface area (Å²) in [7, 11) is 1.74. The van der Waals surface area contributed by atoms with E-state index >= 15 is 0 Å². The molecule has 1 aliphatic carbocycles. The number of hydrogen-bond donors (Lipinski definition) is 4. The Bertz CT molecular complexity index is 1770. The van der Waals surface area contributed by atoms with Crippen molar-refractivity contribution in [2.45, 2.75) is 140 Å². The van der Waals surface area contributed by atoms with E-state index in [0.717, 1.165) is 12.1 Å². The van der Waals surface area contributed by atoms with E-state index in [1.54, 1.807) is 23.9 Å². The van der Waals surface area contributed by atoms with Gasteiger partial charge in [0, 0.05) is 27.8 Å². The number of nitrogens with one attached hydrogen (secondary N) is 4. The van der Waals surface area contributed by atoms with Crippen molar-refractivity contribution < 1.29 is 55.0 Å². The smallest absolute Gasteiger partial charge is 0.379 e. The Morgan fingerprint density at radius 1 is 0.933 bits per heavy atom. The largest absolute Gasteiger partial charge is 0.471 e. The molecule has 340 valence electrons. The summed E-state index contributed by atoms with van der Waals surface area (Å²) < 4.78 is 79.1. The molecule has 0 radical (unpaired) electrons. The number of sulfonamides is 1. The highest BCUT2D eigenvalue weighted by Crippen LogP contribution is 2.46. The summed E-state index contributed by atoms with van der Waals surface area (Å²) in [5, 5.41) is 7.92. The first kappa shape index (κ1) is 50.5. The first-order chi connectivity index (χ1) is 27.9. The molecule has 15 nitrogen and oxygen atoms in total. The number of alkyl halides is 3. The summed E-state index contributed by atoms with van der Waals surface area (Å²) in [5.41, 5.74) is -0.962. The molecule has 1 aromatic rings. The van der Waals surface area contributed by atoms with Gasteiger partial charge in [0.1, 0.15) is 6.04 Å². The fourth-order valence-electron chi connectivity index (χ4n) is 8.19. The summed E-state index contributed by atoms with van der Waals surface area (Å²) in [6.45, 7) is 13.3. The number of likely N-dealkylation sites (N-methyl/N-ethyl adjacent to an activating group) is 2. The second kappa shape index (κ2) is 20.8. The van der Waals surface area contributed by atoms with Crippen LogP contribution in [0.2, 0.25) is 0 Å². The molecule has 0 spiro atoms. The van der Waals surface area contributed by atoms with Gasteiger partial charge in [-0.25, -0.2) is 13.1 Å². The number of carbonyl (C=O) groups excluding carboxylic acids is 5. The van der Waals surface area contributed by atoms with Gasteiger partial charge < -0.3 is 35.2 Å². The van der Waals surface area contributed by atoms with Crippen molar-refractivity contribution in [2.75, 3.05) is 34.9 Å². The minimum absolute atomic E-state index is 0.0202. The number of halogens is 3. The maximum absolute atomic E-state index is 14.2. The van der Waals surface area contributed by atoms with Crippen LogP contribution in [0.3, 0.4) is 0 Å². The van der Waals surface area contributed by atoms with E-state index in [0.29, 0.717) is 31.4 Å².